The van der Waals surface area contributed by atoms with Crippen molar-refractivity contribution in [2.24, 2.45) is 4.99 Å². The molecule has 0 aliphatic heterocycles. The Morgan fingerprint density at radius 1 is 1.24 bits per heavy atom. The van der Waals surface area contributed by atoms with E-state index in [2.05, 4.69) is 69.8 Å². The number of nitrogens with zero attached hydrogens (tertiary/aromatic N) is 4. The highest BCUT2D eigenvalue weighted by molar-refractivity contribution is 5.79. The summed E-state index contributed by atoms with van der Waals surface area (Å²) in [5, 5.41) is 6.71. The zero-order valence-electron chi connectivity index (χ0n) is 15.5. The lowest BCUT2D eigenvalue weighted by molar-refractivity contribution is 0.238. The van der Waals surface area contributed by atoms with Crippen molar-refractivity contribution in [1.82, 2.24) is 25.1 Å². The van der Waals surface area contributed by atoms with E-state index in [4.69, 9.17) is 0 Å². The van der Waals surface area contributed by atoms with Crippen LogP contribution < -0.4 is 10.6 Å². The van der Waals surface area contributed by atoms with Gasteiger partial charge in [0.15, 0.2) is 5.96 Å². The lowest BCUT2D eigenvalue weighted by Crippen LogP contribution is -2.41. The standard InChI is InChI=1S/C19H30N6/c1-17(24(3)15-18-7-5-4-6-8-18)9-10-22-19(20-2)23-12-14-25-13-11-21-16-25/h4-8,11,13,16-17H,9-10,12,14-15H2,1-3H3,(H2,20,22,23). The van der Waals surface area contributed by atoms with Gasteiger partial charge in [0.1, 0.15) is 0 Å². The number of nitrogens with one attached hydrogen (secondary N) is 2. The van der Waals surface area contributed by atoms with Crippen LogP contribution in [0.25, 0.3) is 0 Å². The van der Waals surface area contributed by atoms with Gasteiger partial charge in [-0.25, -0.2) is 4.98 Å². The molecular weight excluding hydrogens is 312 g/mol. The van der Waals surface area contributed by atoms with E-state index in [1.165, 1.54) is 5.56 Å². The van der Waals surface area contributed by atoms with Crippen LogP contribution in [0.3, 0.4) is 0 Å². The summed E-state index contributed by atoms with van der Waals surface area (Å²) in [6, 6.07) is 11.1. The van der Waals surface area contributed by atoms with Crippen molar-refractivity contribution in [3.63, 3.8) is 0 Å². The van der Waals surface area contributed by atoms with Crippen molar-refractivity contribution < 1.29 is 0 Å². The lowest BCUT2D eigenvalue weighted by Gasteiger charge is -2.25. The van der Waals surface area contributed by atoms with Crippen LogP contribution >= 0.6 is 0 Å². The molecule has 25 heavy (non-hydrogen) atoms. The van der Waals surface area contributed by atoms with Crippen LogP contribution in [0.2, 0.25) is 0 Å². The fourth-order valence-corrected chi connectivity index (χ4v) is 2.59. The minimum atomic E-state index is 0.497. The van der Waals surface area contributed by atoms with Crippen LogP contribution in [0.4, 0.5) is 0 Å². The summed E-state index contributed by atoms with van der Waals surface area (Å²) in [6.45, 7) is 5.82. The van der Waals surface area contributed by atoms with Gasteiger partial charge in [-0.1, -0.05) is 30.3 Å². The van der Waals surface area contributed by atoms with Crippen LogP contribution in [0.1, 0.15) is 18.9 Å². The molecular formula is C19H30N6. The molecule has 0 aliphatic carbocycles. The first-order valence-corrected chi connectivity index (χ1v) is 8.83. The molecule has 6 heteroatoms. The first-order chi connectivity index (χ1) is 12.2. The van der Waals surface area contributed by atoms with Gasteiger partial charge in [-0.3, -0.25) is 9.89 Å². The van der Waals surface area contributed by atoms with Gasteiger partial charge in [-0.15, -0.1) is 0 Å². The predicted molar refractivity (Wildman–Crippen MR) is 104 cm³/mol. The minimum Gasteiger partial charge on any atom is -0.356 e. The maximum atomic E-state index is 4.27. The molecule has 2 N–H and O–H groups in total. The first-order valence-electron chi connectivity index (χ1n) is 8.83. The Hall–Kier alpha value is -2.34. The summed E-state index contributed by atoms with van der Waals surface area (Å²) in [5.74, 6) is 0.845. The molecule has 0 spiro atoms. The van der Waals surface area contributed by atoms with E-state index in [-0.39, 0.29) is 0 Å². The number of imidazole rings is 1. The molecule has 2 aromatic rings. The summed E-state index contributed by atoms with van der Waals surface area (Å²) in [7, 11) is 3.98. The van der Waals surface area contributed by atoms with Crippen molar-refractivity contribution in [2.75, 3.05) is 27.2 Å². The second-order valence-corrected chi connectivity index (χ2v) is 6.26. The second-order valence-electron chi connectivity index (χ2n) is 6.26. The van der Waals surface area contributed by atoms with Gasteiger partial charge in [-0.2, -0.15) is 0 Å². The molecule has 1 aromatic heterocycles. The Morgan fingerprint density at radius 2 is 2.00 bits per heavy atom. The highest BCUT2D eigenvalue weighted by Crippen LogP contribution is 2.07. The molecule has 0 saturated carbocycles. The SMILES string of the molecule is CN=C(NCCC(C)N(C)Cc1ccccc1)NCCn1ccnc1. The predicted octanol–water partition coefficient (Wildman–Crippen LogP) is 1.96. The van der Waals surface area contributed by atoms with Crippen LogP contribution in [0, 0.1) is 0 Å². The van der Waals surface area contributed by atoms with Gasteiger partial charge >= 0.3 is 0 Å². The molecule has 0 fully saturated rings. The van der Waals surface area contributed by atoms with E-state index in [0.717, 1.165) is 38.6 Å². The molecule has 1 aromatic carbocycles. The maximum absolute atomic E-state index is 4.27. The van der Waals surface area contributed by atoms with E-state index in [1.807, 2.05) is 17.1 Å². The summed E-state index contributed by atoms with van der Waals surface area (Å²) >= 11 is 0. The van der Waals surface area contributed by atoms with Crippen molar-refractivity contribution in [3.8, 4) is 0 Å². The van der Waals surface area contributed by atoms with Crippen molar-refractivity contribution in [1.29, 1.82) is 0 Å². The van der Waals surface area contributed by atoms with Gasteiger partial charge in [0.2, 0.25) is 0 Å². The fourth-order valence-electron chi connectivity index (χ4n) is 2.59. The highest BCUT2D eigenvalue weighted by atomic mass is 15.2. The molecule has 6 nitrogen and oxygen atoms in total. The number of hydrogen-bond acceptors (Lipinski definition) is 3. The Kier molecular flexibility index (Phi) is 7.98. The van der Waals surface area contributed by atoms with Crippen LogP contribution in [0.15, 0.2) is 54.0 Å². The van der Waals surface area contributed by atoms with Gasteiger partial charge in [-0.05, 0) is 26.0 Å². The Morgan fingerprint density at radius 3 is 2.68 bits per heavy atom. The summed E-state index contributed by atoms with van der Waals surface area (Å²) in [6.07, 6.45) is 6.64. The normalized spacial score (nSPS) is 13.0. The van der Waals surface area contributed by atoms with E-state index < -0.39 is 0 Å². The highest BCUT2D eigenvalue weighted by Gasteiger charge is 2.09. The molecule has 1 heterocycles. The Labute approximate surface area is 151 Å². The number of aliphatic imine (C=N–C) groups is 1. The average molecular weight is 342 g/mol. The molecule has 0 aliphatic rings. The monoisotopic (exact) mass is 342 g/mol. The Bertz CT molecular complexity index is 608. The van der Waals surface area contributed by atoms with Gasteiger partial charge in [0.25, 0.3) is 0 Å². The zero-order valence-corrected chi connectivity index (χ0v) is 15.5. The number of hydrogen-bond donors (Lipinski definition) is 2. The van der Waals surface area contributed by atoms with Gasteiger partial charge in [0, 0.05) is 51.7 Å². The first kappa shape index (κ1) is 19.0. The van der Waals surface area contributed by atoms with Gasteiger partial charge in [0.05, 0.1) is 6.33 Å². The molecule has 0 amide bonds. The number of guanidine groups is 1. The van der Waals surface area contributed by atoms with E-state index >= 15 is 0 Å². The Balaban J connectivity index is 1.63. The minimum absolute atomic E-state index is 0.497. The van der Waals surface area contributed by atoms with Crippen molar-refractivity contribution in [2.45, 2.75) is 32.5 Å². The van der Waals surface area contributed by atoms with Crippen LogP contribution in [-0.4, -0.2) is 53.6 Å². The summed E-state index contributed by atoms with van der Waals surface area (Å²) < 4.78 is 2.04. The van der Waals surface area contributed by atoms with E-state index in [1.54, 1.807) is 13.2 Å². The van der Waals surface area contributed by atoms with Crippen molar-refractivity contribution >= 4 is 5.96 Å². The molecule has 1 unspecified atom stereocenters. The van der Waals surface area contributed by atoms with Crippen molar-refractivity contribution in [3.05, 3.63) is 54.6 Å². The van der Waals surface area contributed by atoms with Crippen LogP contribution in [-0.2, 0) is 13.1 Å². The average Bonchev–Trinajstić information content (AvgIpc) is 3.14. The fraction of sp³-hybridized carbons (Fsp3) is 0.474. The van der Waals surface area contributed by atoms with E-state index in [9.17, 15) is 0 Å². The molecule has 2 rings (SSSR count). The second kappa shape index (κ2) is 10.5. The van der Waals surface area contributed by atoms with Crippen LogP contribution in [0.5, 0.6) is 0 Å². The smallest absolute Gasteiger partial charge is 0.191 e. The summed E-state index contributed by atoms with van der Waals surface area (Å²) in [5.41, 5.74) is 1.35. The quantitative estimate of drug-likeness (QED) is 0.540. The third-order valence-corrected chi connectivity index (χ3v) is 4.33. The maximum Gasteiger partial charge on any atom is 0.191 e. The third-order valence-electron chi connectivity index (χ3n) is 4.33. The molecule has 0 bridgehead atoms. The molecule has 136 valence electrons. The molecule has 0 radical (unpaired) electrons. The lowest BCUT2D eigenvalue weighted by atomic mass is 10.1. The molecule has 0 saturated heterocycles. The third kappa shape index (κ3) is 6.97. The topological polar surface area (TPSA) is 57.5 Å². The molecule has 1 atom stereocenters. The summed E-state index contributed by atoms with van der Waals surface area (Å²) in [4.78, 5) is 10.7. The largest absolute Gasteiger partial charge is 0.356 e. The van der Waals surface area contributed by atoms with E-state index in [0.29, 0.717) is 6.04 Å². The zero-order chi connectivity index (χ0) is 17.9. The number of aromatic nitrogens is 2. The number of rotatable bonds is 9. The number of benzene rings is 1. The van der Waals surface area contributed by atoms with Gasteiger partial charge < -0.3 is 15.2 Å².